The molecule has 0 unspecified atom stereocenters. The van der Waals surface area contributed by atoms with E-state index in [4.69, 9.17) is 14.7 Å². The van der Waals surface area contributed by atoms with Gasteiger partial charge in [0.2, 0.25) is 11.8 Å². The third-order valence-corrected chi connectivity index (χ3v) is 6.59. The van der Waals surface area contributed by atoms with Crippen LogP contribution in [0.4, 0.5) is 18.9 Å². The molecule has 0 spiro atoms. The van der Waals surface area contributed by atoms with Gasteiger partial charge in [0.25, 0.3) is 0 Å². The number of hydrogen-bond donors (Lipinski definition) is 0. The molecule has 31 heavy (non-hydrogen) atoms. The molecule has 10 heteroatoms. The summed E-state index contributed by atoms with van der Waals surface area (Å²) in [7, 11) is 0. The average molecular weight is 436 g/mol. The molecule has 3 aliphatic rings. The van der Waals surface area contributed by atoms with E-state index >= 15 is 0 Å². The summed E-state index contributed by atoms with van der Waals surface area (Å²) in [6, 6.07) is 4.17. The van der Waals surface area contributed by atoms with E-state index in [1.807, 2.05) is 0 Å². The Morgan fingerprint density at radius 1 is 1.29 bits per heavy atom. The Labute approximate surface area is 175 Å². The number of amides is 2. The van der Waals surface area contributed by atoms with Gasteiger partial charge >= 0.3 is 12.1 Å². The van der Waals surface area contributed by atoms with E-state index in [0.717, 1.165) is 17.0 Å². The molecule has 1 aromatic rings. The molecule has 0 aromatic heterocycles. The Bertz CT molecular complexity index is 1050. The normalized spacial score (nSPS) is 34.1. The van der Waals surface area contributed by atoms with Crippen LogP contribution in [-0.4, -0.2) is 35.6 Å². The lowest BCUT2D eigenvalue weighted by molar-refractivity contribution is -0.156. The third-order valence-electron chi connectivity index (χ3n) is 6.59. The second-order valence-corrected chi connectivity index (χ2v) is 8.41. The zero-order valence-electron chi connectivity index (χ0n) is 16.9. The molecule has 0 saturated carbocycles. The van der Waals surface area contributed by atoms with Gasteiger partial charge in [-0.2, -0.15) is 18.4 Å². The molecular formula is C21H19F3N2O5. The summed E-state index contributed by atoms with van der Waals surface area (Å²) in [6.07, 6.45) is -4.67. The highest BCUT2D eigenvalue weighted by atomic mass is 19.4. The van der Waals surface area contributed by atoms with Crippen LogP contribution in [0, 0.1) is 29.1 Å². The Morgan fingerprint density at radius 3 is 2.52 bits per heavy atom. The van der Waals surface area contributed by atoms with Gasteiger partial charge in [0, 0.05) is 0 Å². The van der Waals surface area contributed by atoms with Crippen molar-refractivity contribution in [2.45, 2.75) is 44.6 Å². The lowest BCUT2D eigenvalue weighted by atomic mass is 9.64. The van der Waals surface area contributed by atoms with Crippen LogP contribution < -0.4 is 4.90 Å². The van der Waals surface area contributed by atoms with E-state index in [2.05, 4.69) is 0 Å². The molecule has 1 aromatic carbocycles. The molecule has 7 nitrogen and oxygen atoms in total. The molecule has 3 fully saturated rings. The standard InChI is InChI=1S/C21H19F3N2O5/c1-4-30-18(29)13-8-19(2)14-15(20(13,3)31-19)17(28)26(16(14)27)11-6-5-10(9-25)12(7-11)21(22,23)24/h5-7,13-15H,4,8H2,1-3H3/t13-,14+,15-,19+,20-/m0/s1. The number of alkyl halides is 3. The first kappa shape index (κ1) is 21.3. The number of rotatable bonds is 3. The maximum Gasteiger partial charge on any atom is 0.417 e. The summed E-state index contributed by atoms with van der Waals surface area (Å²) in [4.78, 5) is 39.7. The maximum atomic E-state index is 13.4. The van der Waals surface area contributed by atoms with Gasteiger partial charge < -0.3 is 9.47 Å². The van der Waals surface area contributed by atoms with E-state index in [1.54, 1.807) is 20.8 Å². The largest absolute Gasteiger partial charge is 0.466 e. The van der Waals surface area contributed by atoms with Gasteiger partial charge in [-0.3, -0.25) is 14.4 Å². The van der Waals surface area contributed by atoms with Crippen LogP contribution in [0.25, 0.3) is 0 Å². The fraction of sp³-hybridized carbons (Fsp3) is 0.524. The Hall–Kier alpha value is -2.93. The molecule has 3 aliphatic heterocycles. The fourth-order valence-electron chi connectivity index (χ4n) is 5.37. The van der Waals surface area contributed by atoms with Crippen LogP contribution in [0.5, 0.6) is 0 Å². The number of imide groups is 1. The Balaban J connectivity index is 1.77. The van der Waals surface area contributed by atoms with Gasteiger partial charge in [-0.05, 0) is 45.4 Å². The quantitative estimate of drug-likeness (QED) is 0.534. The van der Waals surface area contributed by atoms with Crippen molar-refractivity contribution in [3.05, 3.63) is 29.3 Å². The third kappa shape index (κ3) is 2.79. The summed E-state index contributed by atoms with van der Waals surface area (Å²) in [5.74, 6) is -4.68. The van der Waals surface area contributed by atoms with Crippen molar-refractivity contribution < 1.29 is 37.0 Å². The molecule has 2 bridgehead atoms. The summed E-state index contributed by atoms with van der Waals surface area (Å²) >= 11 is 0. The summed E-state index contributed by atoms with van der Waals surface area (Å²) in [6.45, 7) is 4.98. The van der Waals surface area contributed by atoms with Gasteiger partial charge in [0.05, 0.1) is 58.4 Å². The van der Waals surface area contributed by atoms with Gasteiger partial charge in [0.15, 0.2) is 0 Å². The van der Waals surface area contributed by atoms with Crippen molar-refractivity contribution in [1.29, 1.82) is 5.26 Å². The van der Waals surface area contributed by atoms with Crippen LogP contribution >= 0.6 is 0 Å². The first-order valence-electron chi connectivity index (χ1n) is 9.75. The molecule has 0 radical (unpaired) electrons. The number of hydrogen-bond acceptors (Lipinski definition) is 6. The van der Waals surface area contributed by atoms with Gasteiger partial charge in [-0.1, -0.05) is 0 Å². The number of ether oxygens (including phenoxy) is 2. The second kappa shape index (κ2) is 6.53. The first-order chi connectivity index (χ1) is 14.4. The maximum absolute atomic E-state index is 13.4. The van der Waals surface area contributed by atoms with E-state index < -0.39 is 64.0 Å². The topological polar surface area (TPSA) is 96.7 Å². The molecule has 4 rings (SSSR count). The Kier molecular flexibility index (Phi) is 4.49. The molecule has 164 valence electrons. The predicted octanol–water partition coefficient (Wildman–Crippen LogP) is 2.81. The van der Waals surface area contributed by atoms with Crippen LogP contribution in [0.1, 0.15) is 38.3 Å². The van der Waals surface area contributed by atoms with E-state index in [-0.39, 0.29) is 18.7 Å². The van der Waals surface area contributed by atoms with Crippen LogP contribution in [0.3, 0.4) is 0 Å². The number of halogens is 3. The van der Waals surface area contributed by atoms with Crippen molar-refractivity contribution >= 4 is 23.5 Å². The minimum Gasteiger partial charge on any atom is -0.466 e. The lowest BCUT2D eigenvalue weighted by Crippen LogP contribution is -2.49. The summed E-state index contributed by atoms with van der Waals surface area (Å²) in [5.41, 5.74) is -4.55. The average Bonchev–Trinajstić information content (AvgIpc) is 3.22. The fourth-order valence-corrected chi connectivity index (χ4v) is 5.37. The number of fused-ring (bicyclic) bond motifs is 5. The highest BCUT2D eigenvalue weighted by Gasteiger charge is 2.77. The monoisotopic (exact) mass is 436 g/mol. The molecule has 2 amide bonds. The number of nitriles is 1. The molecule has 5 atom stereocenters. The summed E-state index contributed by atoms with van der Waals surface area (Å²) in [5, 5.41) is 8.99. The van der Waals surface area contributed by atoms with Crippen molar-refractivity contribution in [2.24, 2.45) is 17.8 Å². The molecule has 3 saturated heterocycles. The van der Waals surface area contributed by atoms with Crippen molar-refractivity contribution in [3.63, 3.8) is 0 Å². The molecule has 0 N–H and O–H groups in total. The van der Waals surface area contributed by atoms with Crippen LogP contribution in [0.15, 0.2) is 18.2 Å². The predicted molar refractivity (Wildman–Crippen MR) is 98.3 cm³/mol. The zero-order valence-corrected chi connectivity index (χ0v) is 16.9. The minimum atomic E-state index is -4.84. The van der Waals surface area contributed by atoms with Crippen molar-refractivity contribution in [2.75, 3.05) is 11.5 Å². The smallest absolute Gasteiger partial charge is 0.417 e. The highest BCUT2D eigenvalue weighted by Crippen LogP contribution is 2.63. The number of anilines is 1. The van der Waals surface area contributed by atoms with Gasteiger partial charge in [-0.15, -0.1) is 0 Å². The molecular weight excluding hydrogens is 417 g/mol. The van der Waals surface area contributed by atoms with Crippen LogP contribution in [0.2, 0.25) is 0 Å². The van der Waals surface area contributed by atoms with Crippen molar-refractivity contribution in [1.82, 2.24) is 0 Å². The zero-order chi connectivity index (χ0) is 22.9. The van der Waals surface area contributed by atoms with E-state index in [1.165, 1.54) is 6.07 Å². The summed E-state index contributed by atoms with van der Waals surface area (Å²) < 4.78 is 51.3. The number of nitrogens with zero attached hydrogens (tertiary/aromatic N) is 2. The van der Waals surface area contributed by atoms with E-state index in [9.17, 15) is 27.6 Å². The lowest BCUT2D eigenvalue weighted by Gasteiger charge is -2.33. The first-order valence-corrected chi connectivity index (χ1v) is 9.75. The number of esters is 1. The number of benzene rings is 1. The SMILES string of the molecule is CCOC(=O)[C@@H]1C[C@@]2(C)O[C@]1(C)[C@@H]1C(=O)N(c3ccc(C#N)c(C(F)(F)F)c3)C(=O)[C@@H]12. The number of carbonyl (C=O) groups is 3. The highest BCUT2D eigenvalue weighted by molar-refractivity contribution is 6.23. The molecule has 0 aliphatic carbocycles. The van der Waals surface area contributed by atoms with E-state index in [0.29, 0.717) is 6.07 Å². The second-order valence-electron chi connectivity index (χ2n) is 8.41. The number of carbonyl (C=O) groups excluding carboxylic acids is 3. The Morgan fingerprint density at radius 2 is 1.94 bits per heavy atom. The van der Waals surface area contributed by atoms with Crippen LogP contribution in [-0.2, 0) is 30.0 Å². The minimum absolute atomic E-state index is 0.140. The van der Waals surface area contributed by atoms with Gasteiger partial charge in [-0.25, -0.2) is 4.90 Å². The van der Waals surface area contributed by atoms with Gasteiger partial charge in [0.1, 0.15) is 0 Å². The molecule has 3 heterocycles. The van der Waals surface area contributed by atoms with Crippen molar-refractivity contribution in [3.8, 4) is 6.07 Å².